The van der Waals surface area contributed by atoms with E-state index in [0.29, 0.717) is 18.1 Å². The highest BCUT2D eigenvalue weighted by Crippen LogP contribution is 2.43. The van der Waals surface area contributed by atoms with Crippen LogP contribution >= 0.6 is 0 Å². The number of benzene rings is 1. The number of hydrogen-bond donors (Lipinski definition) is 2. The molecule has 25 heavy (non-hydrogen) atoms. The molecule has 3 N–H and O–H groups in total. The van der Waals surface area contributed by atoms with Gasteiger partial charge >= 0.3 is 0 Å². The number of ether oxygens (including phenoxy) is 2. The van der Waals surface area contributed by atoms with Crippen molar-refractivity contribution in [2.45, 2.75) is 39.0 Å². The van der Waals surface area contributed by atoms with Crippen molar-refractivity contribution in [3.05, 3.63) is 52.5 Å². The quantitative estimate of drug-likeness (QED) is 0.841. The number of allylic oxidation sites excluding steroid dienone is 1. The zero-order valence-corrected chi connectivity index (χ0v) is 14.5. The number of nitrogens with two attached hydrogens (primary N) is 1. The van der Waals surface area contributed by atoms with Crippen molar-refractivity contribution in [1.82, 2.24) is 10.2 Å². The maximum absolute atomic E-state index is 9.62. The summed E-state index contributed by atoms with van der Waals surface area (Å²) < 4.78 is 11.2. The predicted molar refractivity (Wildman–Crippen MR) is 94.1 cm³/mol. The van der Waals surface area contributed by atoms with Crippen molar-refractivity contribution in [2.75, 3.05) is 6.61 Å². The molecule has 1 atom stereocenters. The van der Waals surface area contributed by atoms with E-state index in [0.717, 1.165) is 41.8 Å². The third-order valence-corrected chi connectivity index (χ3v) is 4.20. The fourth-order valence-corrected chi connectivity index (χ4v) is 3.06. The molecule has 0 spiro atoms. The first-order valence-electron chi connectivity index (χ1n) is 8.57. The molecule has 0 saturated heterocycles. The number of rotatable bonds is 6. The topological polar surface area (TPSA) is 96.9 Å². The Labute approximate surface area is 147 Å². The normalized spacial score (nSPS) is 16.1. The van der Waals surface area contributed by atoms with Crippen molar-refractivity contribution in [3.63, 3.8) is 0 Å². The lowest BCUT2D eigenvalue weighted by atomic mass is 9.83. The predicted octanol–water partition coefficient (Wildman–Crippen LogP) is 3.37. The number of nitriles is 1. The third kappa shape index (κ3) is 3.18. The molecule has 6 heteroatoms. The van der Waals surface area contributed by atoms with Crippen LogP contribution in [0, 0.1) is 11.3 Å². The van der Waals surface area contributed by atoms with Gasteiger partial charge in [-0.05, 0) is 30.5 Å². The Balaban J connectivity index is 2.03. The van der Waals surface area contributed by atoms with Crippen LogP contribution in [-0.2, 0) is 6.42 Å². The molecule has 1 aliphatic heterocycles. The molecular formula is C19H22N4O2. The Morgan fingerprint density at radius 2 is 2.04 bits per heavy atom. The Kier molecular flexibility index (Phi) is 4.94. The molecular weight excluding hydrogens is 316 g/mol. The van der Waals surface area contributed by atoms with Gasteiger partial charge in [0.2, 0.25) is 11.8 Å². The molecule has 6 nitrogen and oxygen atoms in total. The summed E-state index contributed by atoms with van der Waals surface area (Å²) in [6.45, 7) is 4.85. The number of aromatic nitrogens is 2. The number of fused-ring (bicyclic) bond motifs is 1. The van der Waals surface area contributed by atoms with Crippen LogP contribution in [0.1, 0.15) is 49.4 Å². The van der Waals surface area contributed by atoms with Gasteiger partial charge in [0.25, 0.3) is 0 Å². The van der Waals surface area contributed by atoms with E-state index in [4.69, 9.17) is 15.2 Å². The summed E-state index contributed by atoms with van der Waals surface area (Å²) in [6, 6.07) is 9.99. The molecule has 0 aliphatic carbocycles. The van der Waals surface area contributed by atoms with Crippen LogP contribution in [0.15, 0.2) is 35.7 Å². The van der Waals surface area contributed by atoms with Crippen LogP contribution < -0.4 is 15.2 Å². The zero-order chi connectivity index (χ0) is 17.8. The first kappa shape index (κ1) is 16.9. The van der Waals surface area contributed by atoms with Crippen molar-refractivity contribution in [3.8, 4) is 17.7 Å². The lowest BCUT2D eigenvalue weighted by molar-refractivity contribution is 0.317. The first-order chi connectivity index (χ1) is 12.2. The van der Waals surface area contributed by atoms with Gasteiger partial charge in [0.15, 0.2) is 0 Å². The molecule has 2 aromatic rings. The molecule has 0 saturated carbocycles. The summed E-state index contributed by atoms with van der Waals surface area (Å²) in [7, 11) is 0. The molecule has 1 aliphatic rings. The van der Waals surface area contributed by atoms with Crippen molar-refractivity contribution >= 4 is 0 Å². The van der Waals surface area contributed by atoms with Crippen LogP contribution in [0.4, 0.5) is 0 Å². The fourth-order valence-electron chi connectivity index (χ4n) is 3.06. The Hall–Kier alpha value is -2.94. The molecule has 0 amide bonds. The SMILES string of the molecule is CCCOc1ccc([C@@H]2C(C#N)=C(N)Oc3n[nH]c(CCC)c32)cc1. The summed E-state index contributed by atoms with van der Waals surface area (Å²) in [4.78, 5) is 0. The van der Waals surface area contributed by atoms with Crippen molar-refractivity contribution in [2.24, 2.45) is 5.73 Å². The van der Waals surface area contributed by atoms with E-state index in [1.807, 2.05) is 24.3 Å². The minimum absolute atomic E-state index is 0.112. The van der Waals surface area contributed by atoms with E-state index < -0.39 is 0 Å². The Morgan fingerprint density at radius 1 is 1.28 bits per heavy atom. The lowest BCUT2D eigenvalue weighted by Gasteiger charge is -2.24. The van der Waals surface area contributed by atoms with Crippen LogP contribution in [0.5, 0.6) is 11.6 Å². The molecule has 0 bridgehead atoms. The minimum atomic E-state index is -0.283. The van der Waals surface area contributed by atoms with Crippen LogP contribution in [0.25, 0.3) is 0 Å². The maximum atomic E-state index is 9.62. The van der Waals surface area contributed by atoms with Crippen molar-refractivity contribution in [1.29, 1.82) is 5.26 Å². The van der Waals surface area contributed by atoms with Gasteiger partial charge < -0.3 is 15.2 Å². The van der Waals surface area contributed by atoms with Gasteiger partial charge in [0.1, 0.15) is 17.4 Å². The number of aromatic amines is 1. The van der Waals surface area contributed by atoms with E-state index in [1.54, 1.807) is 0 Å². The maximum Gasteiger partial charge on any atom is 0.244 e. The molecule has 1 aromatic heterocycles. The van der Waals surface area contributed by atoms with E-state index in [1.165, 1.54) is 0 Å². The van der Waals surface area contributed by atoms with Gasteiger partial charge in [0.05, 0.1) is 12.5 Å². The summed E-state index contributed by atoms with van der Waals surface area (Å²) in [5, 5.41) is 16.9. The zero-order valence-electron chi connectivity index (χ0n) is 14.5. The number of aryl methyl sites for hydroxylation is 1. The summed E-state index contributed by atoms with van der Waals surface area (Å²) >= 11 is 0. The summed E-state index contributed by atoms with van der Waals surface area (Å²) in [5.74, 6) is 1.10. The Bertz CT molecular complexity index is 815. The third-order valence-electron chi connectivity index (χ3n) is 4.20. The van der Waals surface area contributed by atoms with Gasteiger partial charge in [-0.25, -0.2) is 0 Å². The molecule has 0 unspecified atom stereocenters. The standard InChI is InChI=1S/C19H22N4O2/c1-3-5-15-17-16(12-6-8-13(9-7-12)24-10-4-2)14(11-20)18(21)25-19(17)23-22-15/h6-9,16H,3-5,10,21H2,1-2H3,(H,22,23)/t16-/m1/s1. The average molecular weight is 338 g/mol. The fraction of sp³-hybridized carbons (Fsp3) is 0.368. The van der Waals surface area contributed by atoms with Gasteiger partial charge in [-0.2, -0.15) is 5.26 Å². The minimum Gasteiger partial charge on any atom is -0.494 e. The van der Waals surface area contributed by atoms with Gasteiger partial charge in [-0.1, -0.05) is 32.4 Å². The highest BCUT2D eigenvalue weighted by Gasteiger charge is 2.34. The van der Waals surface area contributed by atoms with Crippen LogP contribution in [0.3, 0.4) is 0 Å². The second-order valence-electron chi connectivity index (χ2n) is 6.01. The molecule has 0 fully saturated rings. The van der Waals surface area contributed by atoms with Crippen LogP contribution in [-0.4, -0.2) is 16.8 Å². The van der Waals surface area contributed by atoms with E-state index in [-0.39, 0.29) is 11.8 Å². The van der Waals surface area contributed by atoms with Gasteiger partial charge in [-0.15, -0.1) is 5.10 Å². The highest BCUT2D eigenvalue weighted by molar-refractivity contribution is 5.55. The second kappa shape index (κ2) is 7.31. The van der Waals surface area contributed by atoms with E-state index >= 15 is 0 Å². The monoisotopic (exact) mass is 338 g/mol. The smallest absolute Gasteiger partial charge is 0.244 e. The van der Waals surface area contributed by atoms with E-state index in [9.17, 15) is 5.26 Å². The molecule has 130 valence electrons. The number of H-pyrrole nitrogens is 1. The summed E-state index contributed by atoms with van der Waals surface area (Å²) in [5.41, 5.74) is 9.22. The highest BCUT2D eigenvalue weighted by atomic mass is 16.5. The van der Waals surface area contributed by atoms with E-state index in [2.05, 4.69) is 30.1 Å². The second-order valence-corrected chi connectivity index (χ2v) is 6.01. The van der Waals surface area contributed by atoms with Crippen molar-refractivity contribution < 1.29 is 9.47 Å². The average Bonchev–Trinajstić information content (AvgIpc) is 3.02. The first-order valence-corrected chi connectivity index (χ1v) is 8.57. The Morgan fingerprint density at radius 3 is 2.68 bits per heavy atom. The largest absolute Gasteiger partial charge is 0.494 e. The summed E-state index contributed by atoms with van der Waals surface area (Å²) in [6.07, 6.45) is 2.75. The number of nitrogens with zero attached hydrogens (tertiary/aromatic N) is 2. The van der Waals surface area contributed by atoms with Gasteiger partial charge in [-0.3, -0.25) is 5.10 Å². The molecule has 1 aromatic carbocycles. The molecule has 2 heterocycles. The molecule has 3 rings (SSSR count). The van der Waals surface area contributed by atoms with Crippen LogP contribution in [0.2, 0.25) is 0 Å². The molecule has 0 radical (unpaired) electrons. The number of hydrogen-bond acceptors (Lipinski definition) is 5. The van der Waals surface area contributed by atoms with Gasteiger partial charge in [0, 0.05) is 11.3 Å². The lowest BCUT2D eigenvalue weighted by Crippen LogP contribution is -2.21. The number of nitrogens with one attached hydrogen (secondary N) is 1.